The number of rotatable bonds is 7. The van der Waals surface area contributed by atoms with E-state index in [4.69, 9.17) is 15.7 Å². The Morgan fingerprint density at radius 1 is 1.42 bits per heavy atom. The van der Waals surface area contributed by atoms with Gasteiger partial charge in [-0.25, -0.2) is 14.2 Å². The van der Waals surface area contributed by atoms with E-state index in [0.717, 1.165) is 0 Å². The fraction of sp³-hybridized carbons (Fsp3) is 0.550. The van der Waals surface area contributed by atoms with E-state index in [1.807, 2.05) is 6.07 Å². The van der Waals surface area contributed by atoms with Crippen molar-refractivity contribution in [2.45, 2.75) is 45.0 Å². The number of nitrogens with zero attached hydrogens (tertiary/aromatic N) is 4. The van der Waals surface area contributed by atoms with Crippen molar-refractivity contribution < 1.29 is 23.5 Å². The second-order valence-electron chi connectivity index (χ2n) is 8.10. The zero-order valence-electron chi connectivity index (χ0n) is 17.8. The number of primary amides is 1. The molecule has 0 saturated carbocycles. The first-order chi connectivity index (χ1) is 14.5. The van der Waals surface area contributed by atoms with Crippen LogP contribution in [0.15, 0.2) is 18.3 Å². The Morgan fingerprint density at radius 3 is 2.68 bits per heavy atom. The Hall–Kier alpha value is -3.26. The minimum Gasteiger partial charge on any atom is -0.443 e. The van der Waals surface area contributed by atoms with Crippen LogP contribution in [0.2, 0.25) is 0 Å². The predicted molar refractivity (Wildman–Crippen MR) is 110 cm³/mol. The van der Waals surface area contributed by atoms with Crippen LogP contribution in [0, 0.1) is 11.3 Å². The number of nitrogens with two attached hydrogens (primary N) is 1. The lowest BCUT2D eigenvalue weighted by Gasteiger charge is -2.27. The van der Waals surface area contributed by atoms with E-state index >= 15 is 0 Å². The van der Waals surface area contributed by atoms with Crippen LogP contribution in [0.25, 0.3) is 0 Å². The van der Waals surface area contributed by atoms with Gasteiger partial charge >= 0.3 is 6.09 Å². The summed E-state index contributed by atoms with van der Waals surface area (Å²) in [5.74, 6) is -0.785. The summed E-state index contributed by atoms with van der Waals surface area (Å²) in [5.41, 5.74) is 4.67. The van der Waals surface area contributed by atoms with Gasteiger partial charge in [0.25, 0.3) is 0 Å². The summed E-state index contributed by atoms with van der Waals surface area (Å²) in [6.07, 6.45) is -0.578. The van der Waals surface area contributed by atoms with E-state index in [9.17, 15) is 18.8 Å². The number of halogens is 1. The molecule has 10 nitrogen and oxygen atoms in total. The van der Waals surface area contributed by atoms with Gasteiger partial charge in [0.2, 0.25) is 11.8 Å². The zero-order chi connectivity index (χ0) is 23.2. The Labute approximate surface area is 180 Å². The fourth-order valence-electron chi connectivity index (χ4n) is 2.98. The van der Waals surface area contributed by atoms with E-state index in [1.165, 1.54) is 28.1 Å². The molecular formula is C20H27FN6O4. The second kappa shape index (κ2) is 10.2. The van der Waals surface area contributed by atoms with Gasteiger partial charge in [0.15, 0.2) is 0 Å². The van der Waals surface area contributed by atoms with Gasteiger partial charge in [-0.2, -0.15) is 5.26 Å². The van der Waals surface area contributed by atoms with E-state index in [-0.39, 0.29) is 49.9 Å². The number of anilines is 1. The molecule has 0 spiro atoms. The Bertz CT molecular complexity index is 849. The molecule has 3 N–H and O–H groups in total. The predicted octanol–water partition coefficient (Wildman–Crippen LogP) is 0.974. The van der Waals surface area contributed by atoms with Crippen molar-refractivity contribution in [3.63, 3.8) is 0 Å². The van der Waals surface area contributed by atoms with E-state index in [0.29, 0.717) is 0 Å². The van der Waals surface area contributed by atoms with Gasteiger partial charge in [0, 0.05) is 25.7 Å². The topological polar surface area (TPSA) is 142 Å². The average Bonchev–Trinajstić information content (AvgIpc) is 3.07. The molecule has 1 fully saturated rings. The number of ether oxygens (including phenoxy) is 1. The lowest BCUT2D eigenvalue weighted by atomic mass is 10.2. The average molecular weight is 434 g/mol. The molecule has 2 rings (SSSR count). The molecule has 0 bridgehead atoms. The van der Waals surface area contributed by atoms with Crippen molar-refractivity contribution in [2.75, 3.05) is 31.1 Å². The molecular weight excluding hydrogens is 407 g/mol. The molecule has 11 heteroatoms. The fourth-order valence-corrected chi connectivity index (χ4v) is 2.98. The number of alkyl halides is 1. The highest BCUT2D eigenvalue weighted by Crippen LogP contribution is 2.20. The van der Waals surface area contributed by atoms with Crippen molar-refractivity contribution >= 4 is 23.7 Å². The maximum atomic E-state index is 13.5. The zero-order valence-corrected chi connectivity index (χ0v) is 17.8. The Morgan fingerprint density at radius 2 is 2.13 bits per heavy atom. The number of amides is 3. The first-order valence-corrected chi connectivity index (χ1v) is 9.82. The summed E-state index contributed by atoms with van der Waals surface area (Å²) in [6, 6.07) is 4.08. The van der Waals surface area contributed by atoms with Crippen molar-refractivity contribution in [3.8, 4) is 6.07 Å². The van der Waals surface area contributed by atoms with E-state index < -0.39 is 29.8 Å². The summed E-state index contributed by atoms with van der Waals surface area (Å²) in [4.78, 5) is 42.7. The number of carbonyl (C=O) groups excluding carboxylic acids is 3. The first kappa shape index (κ1) is 24.0. The first-order valence-electron chi connectivity index (χ1n) is 9.82. The molecule has 3 amide bonds. The SMILES string of the molecule is CC(C)(C)OC(=O)N(CCNCC(=O)N1C[C@@H](F)C[C@H]1C#N)c1ccc(C(N)=O)cn1. The minimum absolute atomic E-state index is 0.0155. The second-order valence-corrected chi connectivity index (χ2v) is 8.10. The molecule has 0 aliphatic carbocycles. The Kier molecular flexibility index (Phi) is 7.88. The molecule has 0 aromatic carbocycles. The summed E-state index contributed by atoms with van der Waals surface area (Å²) >= 11 is 0. The summed E-state index contributed by atoms with van der Waals surface area (Å²) in [5, 5.41) is 12.0. The molecule has 0 radical (unpaired) electrons. The van der Waals surface area contributed by atoms with Crippen LogP contribution in [0.1, 0.15) is 37.6 Å². The lowest BCUT2D eigenvalue weighted by molar-refractivity contribution is -0.130. The number of hydrogen-bond acceptors (Lipinski definition) is 7. The van der Waals surface area contributed by atoms with Gasteiger partial charge in [-0.3, -0.25) is 14.5 Å². The molecule has 168 valence electrons. The van der Waals surface area contributed by atoms with Gasteiger partial charge < -0.3 is 20.7 Å². The molecule has 0 unspecified atom stereocenters. The number of likely N-dealkylation sites (tertiary alicyclic amines) is 1. The number of pyridine rings is 1. The summed E-state index contributed by atoms with van der Waals surface area (Å²) in [6.45, 7) is 5.28. The molecule has 1 aliphatic heterocycles. The highest BCUT2D eigenvalue weighted by molar-refractivity contribution is 5.93. The minimum atomic E-state index is -1.20. The van der Waals surface area contributed by atoms with Crippen LogP contribution in [0.5, 0.6) is 0 Å². The van der Waals surface area contributed by atoms with Gasteiger partial charge in [0.05, 0.1) is 24.7 Å². The molecule has 2 heterocycles. The number of carbonyl (C=O) groups is 3. The van der Waals surface area contributed by atoms with E-state index in [1.54, 1.807) is 20.8 Å². The molecule has 1 saturated heterocycles. The molecule has 1 aliphatic rings. The van der Waals surface area contributed by atoms with Gasteiger partial charge in [-0.1, -0.05) is 0 Å². The van der Waals surface area contributed by atoms with Gasteiger partial charge in [-0.05, 0) is 32.9 Å². The molecule has 2 atom stereocenters. The lowest BCUT2D eigenvalue weighted by Crippen LogP contribution is -2.44. The third-order valence-electron chi connectivity index (χ3n) is 4.43. The van der Waals surface area contributed by atoms with Crippen LogP contribution < -0.4 is 16.0 Å². The number of hydrogen-bond donors (Lipinski definition) is 2. The smallest absolute Gasteiger partial charge is 0.416 e. The maximum Gasteiger partial charge on any atom is 0.416 e. The Balaban J connectivity index is 1.99. The van der Waals surface area contributed by atoms with Crippen molar-refractivity contribution in [3.05, 3.63) is 23.9 Å². The standard InChI is InChI=1S/C20H27FN6O4/c1-20(2,3)31-19(30)26(16-5-4-13(10-25-16)18(23)29)7-6-24-11-17(28)27-12-14(21)8-15(27)9-22/h4-5,10,14-15,24H,6-8,11-12H2,1-3H3,(H2,23,29)/t14-,15-/m0/s1. The molecule has 1 aromatic heterocycles. The maximum absolute atomic E-state index is 13.5. The van der Waals surface area contributed by atoms with Gasteiger partial charge in [-0.15, -0.1) is 0 Å². The van der Waals surface area contributed by atoms with Crippen LogP contribution in [0.3, 0.4) is 0 Å². The third-order valence-corrected chi connectivity index (χ3v) is 4.43. The van der Waals surface area contributed by atoms with Gasteiger partial charge in [0.1, 0.15) is 23.6 Å². The monoisotopic (exact) mass is 434 g/mol. The highest BCUT2D eigenvalue weighted by atomic mass is 19.1. The van der Waals surface area contributed by atoms with Crippen molar-refractivity contribution in [2.24, 2.45) is 5.73 Å². The molecule has 1 aromatic rings. The van der Waals surface area contributed by atoms with Crippen molar-refractivity contribution in [1.29, 1.82) is 5.26 Å². The highest BCUT2D eigenvalue weighted by Gasteiger charge is 2.35. The van der Waals surface area contributed by atoms with E-state index in [2.05, 4.69) is 10.3 Å². The summed E-state index contributed by atoms with van der Waals surface area (Å²) < 4.78 is 18.9. The van der Waals surface area contributed by atoms with Crippen LogP contribution in [0.4, 0.5) is 15.0 Å². The summed E-state index contributed by atoms with van der Waals surface area (Å²) in [7, 11) is 0. The van der Waals surface area contributed by atoms with Crippen LogP contribution in [-0.2, 0) is 9.53 Å². The largest absolute Gasteiger partial charge is 0.443 e. The third kappa shape index (κ3) is 6.89. The van der Waals surface area contributed by atoms with Crippen LogP contribution in [-0.4, -0.2) is 71.8 Å². The number of aromatic nitrogens is 1. The molecule has 31 heavy (non-hydrogen) atoms. The van der Waals surface area contributed by atoms with Crippen molar-refractivity contribution in [1.82, 2.24) is 15.2 Å². The number of nitrogens with one attached hydrogen (secondary N) is 1. The normalized spacial score (nSPS) is 18.4. The van der Waals surface area contributed by atoms with Crippen LogP contribution >= 0.6 is 0 Å². The quantitative estimate of drug-likeness (QED) is 0.609. The number of nitriles is 1.